The van der Waals surface area contributed by atoms with Crippen LogP contribution in [0.15, 0.2) is 48.5 Å². The number of nitrogens with zero attached hydrogens (tertiary/aromatic N) is 3. The molecule has 1 amide bonds. The van der Waals surface area contributed by atoms with E-state index in [4.69, 9.17) is 0 Å². The molecule has 0 spiro atoms. The van der Waals surface area contributed by atoms with E-state index in [1.54, 1.807) is 28.6 Å². The van der Waals surface area contributed by atoms with E-state index in [1.165, 1.54) is 43.6 Å². The summed E-state index contributed by atoms with van der Waals surface area (Å²) in [7, 11) is 0. The predicted molar refractivity (Wildman–Crippen MR) is 107 cm³/mol. The zero-order valence-electron chi connectivity index (χ0n) is 16.5. The topological polar surface area (TPSA) is 64.2 Å². The lowest BCUT2D eigenvalue weighted by Crippen LogP contribution is -3.08. The van der Waals surface area contributed by atoms with Crippen LogP contribution >= 0.6 is 0 Å². The first-order valence-electron chi connectivity index (χ1n) is 9.98. The number of rotatable bonds is 6. The number of likely N-dealkylation sites (tertiary alicyclic amines) is 1. The average molecular weight is 394 g/mol. The minimum Gasteiger partial charge on any atom is -0.345 e. The van der Waals surface area contributed by atoms with Gasteiger partial charge in [-0.2, -0.15) is 0 Å². The third kappa shape index (κ3) is 4.51. The van der Waals surface area contributed by atoms with Crippen molar-refractivity contribution in [2.24, 2.45) is 0 Å². The summed E-state index contributed by atoms with van der Waals surface area (Å²) in [6.45, 7) is 5.62. The zero-order valence-corrected chi connectivity index (χ0v) is 16.5. The van der Waals surface area contributed by atoms with Gasteiger partial charge in [0.15, 0.2) is 0 Å². The molecule has 4 rings (SSSR count). The molecule has 7 heteroatoms. The van der Waals surface area contributed by atoms with Crippen LogP contribution in [-0.2, 0) is 13.1 Å². The van der Waals surface area contributed by atoms with Gasteiger partial charge < -0.3 is 10.2 Å². The number of carbonyl (C=O) groups excluding carboxylic acids is 1. The second-order valence-corrected chi connectivity index (χ2v) is 7.46. The maximum atomic E-state index is 13.1. The molecule has 29 heavy (non-hydrogen) atoms. The van der Waals surface area contributed by atoms with E-state index in [1.807, 2.05) is 12.1 Å². The minimum atomic E-state index is -0.322. The third-order valence-corrected chi connectivity index (χ3v) is 5.35. The SMILES string of the molecule is Cc1nc(C(=O)NCc2ccccc2C[NH+]2CCCC2)nn1-c1ccc(F)cc1. The lowest BCUT2D eigenvalue weighted by molar-refractivity contribution is -0.901. The molecule has 2 heterocycles. The highest BCUT2D eigenvalue weighted by Gasteiger charge is 2.18. The normalized spacial score (nSPS) is 14.3. The third-order valence-electron chi connectivity index (χ3n) is 5.35. The summed E-state index contributed by atoms with van der Waals surface area (Å²) in [5.41, 5.74) is 3.05. The van der Waals surface area contributed by atoms with Gasteiger partial charge in [-0.3, -0.25) is 4.79 Å². The lowest BCUT2D eigenvalue weighted by atomic mass is 10.1. The van der Waals surface area contributed by atoms with Crippen LogP contribution in [0.5, 0.6) is 0 Å². The zero-order chi connectivity index (χ0) is 20.2. The molecule has 1 aliphatic rings. The summed E-state index contributed by atoms with van der Waals surface area (Å²) in [6, 6.07) is 14.2. The molecule has 150 valence electrons. The highest BCUT2D eigenvalue weighted by atomic mass is 19.1. The first kappa shape index (κ1) is 19.3. The van der Waals surface area contributed by atoms with Crippen molar-refractivity contribution in [2.75, 3.05) is 13.1 Å². The maximum Gasteiger partial charge on any atom is 0.291 e. The number of hydrogen-bond donors (Lipinski definition) is 2. The molecule has 0 atom stereocenters. The second-order valence-electron chi connectivity index (χ2n) is 7.46. The van der Waals surface area contributed by atoms with E-state index in [0.717, 1.165) is 12.1 Å². The summed E-state index contributed by atoms with van der Waals surface area (Å²) >= 11 is 0. The van der Waals surface area contributed by atoms with Gasteiger partial charge in [-0.25, -0.2) is 14.1 Å². The molecule has 3 aromatic rings. The molecule has 0 bridgehead atoms. The van der Waals surface area contributed by atoms with Crippen LogP contribution < -0.4 is 10.2 Å². The minimum absolute atomic E-state index is 0.106. The number of halogens is 1. The summed E-state index contributed by atoms with van der Waals surface area (Å²) < 4.78 is 14.7. The Kier molecular flexibility index (Phi) is 5.67. The van der Waals surface area contributed by atoms with E-state index in [-0.39, 0.29) is 17.5 Å². The van der Waals surface area contributed by atoms with Crippen molar-refractivity contribution in [1.82, 2.24) is 20.1 Å². The fourth-order valence-electron chi connectivity index (χ4n) is 3.79. The van der Waals surface area contributed by atoms with Gasteiger partial charge in [0.2, 0.25) is 5.82 Å². The number of benzene rings is 2. The smallest absolute Gasteiger partial charge is 0.291 e. The number of nitrogens with one attached hydrogen (secondary N) is 2. The molecular weight excluding hydrogens is 369 g/mol. The molecule has 1 fully saturated rings. The van der Waals surface area contributed by atoms with Crippen LogP contribution in [0.4, 0.5) is 4.39 Å². The van der Waals surface area contributed by atoms with Crippen LogP contribution in [0.1, 0.15) is 40.4 Å². The molecule has 1 aromatic heterocycles. The molecule has 0 radical (unpaired) electrons. The molecule has 0 unspecified atom stereocenters. The van der Waals surface area contributed by atoms with E-state index in [2.05, 4.69) is 27.5 Å². The highest BCUT2D eigenvalue weighted by molar-refractivity contribution is 5.90. The van der Waals surface area contributed by atoms with Crippen molar-refractivity contribution in [2.45, 2.75) is 32.9 Å². The molecule has 0 saturated carbocycles. The van der Waals surface area contributed by atoms with Crippen LogP contribution in [0.25, 0.3) is 5.69 Å². The van der Waals surface area contributed by atoms with Crippen molar-refractivity contribution in [1.29, 1.82) is 0 Å². The number of aryl methyl sites for hydroxylation is 1. The van der Waals surface area contributed by atoms with Crippen LogP contribution in [0.3, 0.4) is 0 Å². The molecule has 6 nitrogen and oxygen atoms in total. The van der Waals surface area contributed by atoms with E-state index in [0.29, 0.717) is 18.1 Å². The maximum absolute atomic E-state index is 13.1. The molecule has 2 aromatic carbocycles. The quantitative estimate of drug-likeness (QED) is 0.670. The van der Waals surface area contributed by atoms with E-state index in [9.17, 15) is 9.18 Å². The van der Waals surface area contributed by atoms with Crippen molar-refractivity contribution in [3.8, 4) is 5.69 Å². The molecular formula is C22H25FN5O+. The fourth-order valence-corrected chi connectivity index (χ4v) is 3.79. The van der Waals surface area contributed by atoms with Crippen molar-refractivity contribution in [3.63, 3.8) is 0 Å². The van der Waals surface area contributed by atoms with Crippen molar-refractivity contribution >= 4 is 5.91 Å². The summed E-state index contributed by atoms with van der Waals surface area (Å²) in [5, 5.41) is 7.23. The molecule has 1 saturated heterocycles. The molecule has 1 aliphatic heterocycles. The largest absolute Gasteiger partial charge is 0.345 e. The summed E-state index contributed by atoms with van der Waals surface area (Å²) in [6.07, 6.45) is 2.58. The Morgan fingerprint density at radius 2 is 1.79 bits per heavy atom. The van der Waals surface area contributed by atoms with Gasteiger partial charge in [-0.15, -0.1) is 5.10 Å². The van der Waals surface area contributed by atoms with Gasteiger partial charge >= 0.3 is 0 Å². The number of aromatic nitrogens is 3. The Morgan fingerprint density at radius 1 is 1.10 bits per heavy atom. The predicted octanol–water partition coefficient (Wildman–Crippen LogP) is 1.82. The Hall–Kier alpha value is -3.06. The van der Waals surface area contributed by atoms with Gasteiger partial charge in [-0.05, 0) is 36.8 Å². The lowest BCUT2D eigenvalue weighted by Gasteiger charge is -2.15. The van der Waals surface area contributed by atoms with Gasteiger partial charge in [0, 0.05) is 24.9 Å². The monoisotopic (exact) mass is 394 g/mol. The Labute approximate surface area is 169 Å². The average Bonchev–Trinajstić information content (AvgIpc) is 3.37. The van der Waals surface area contributed by atoms with Crippen molar-refractivity contribution < 1.29 is 14.1 Å². The summed E-state index contributed by atoms with van der Waals surface area (Å²) in [5.74, 6) is 0.0328. The van der Waals surface area contributed by atoms with E-state index >= 15 is 0 Å². The van der Waals surface area contributed by atoms with Crippen LogP contribution in [0.2, 0.25) is 0 Å². The van der Waals surface area contributed by atoms with Crippen LogP contribution in [-0.4, -0.2) is 33.8 Å². The highest BCUT2D eigenvalue weighted by Crippen LogP contribution is 2.12. The van der Waals surface area contributed by atoms with Gasteiger partial charge in [0.05, 0.1) is 18.8 Å². The fraction of sp³-hybridized carbons (Fsp3) is 0.318. The molecule has 2 N–H and O–H groups in total. The Balaban J connectivity index is 1.44. The molecule has 0 aliphatic carbocycles. The first-order chi connectivity index (χ1) is 14.1. The number of hydrogen-bond acceptors (Lipinski definition) is 3. The summed E-state index contributed by atoms with van der Waals surface area (Å²) in [4.78, 5) is 18.5. The first-order valence-corrected chi connectivity index (χ1v) is 9.98. The Morgan fingerprint density at radius 3 is 2.52 bits per heavy atom. The number of amides is 1. The van der Waals surface area contributed by atoms with Gasteiger partial charge in [0.1, 0.15) is 18.2 Å². The standard InChI is InChI=1S/C22H24FN5O/c1-16-25-21(26-28(16)20-10-8-19(23)9-11-20)22(29)24-14-17-6-2-3-7-18(17)15-27-12-4-5-13-27/h2-3,6-11H,4-5,12-15H2,1H3,(H,24,29)/p+1. The van der Waals surface area contributed by atoms with Gasteiger partial charge in [-0.1, -0.05) is 24.3 Å². The van der Waals surface area contributed by atoms with E-state index < -0.39 is 0 Å². The number of quaternary nitrogens is 1. The number of carbonyl (C=O) groups is 1. The van der Waals surface area contributed by atoms with Gasteiger partial charge in [0.25, 0.3) is 5.91 Å². The van der Waals surface area contributed by atoms with Crippen molar-refractivity contribution in [3.05, 3.63) is 77.1 Å². The van der Waals surface area contributed by atoms with Crippen LogP contribution in [0, 0.1) is 12.7 Å². The second kappa shape index (κ2) is 8.53. The Bertz CT molecular complexity index is 993.